The van der Waals surface area contributed by atoms with E-state index in [1.807, 2.05) is 6.92 Å². The smallest absolute Gasteiger partial charge is 0.326 e. The zero-order valence-corrected chi connectivity index (χ0v) is 21.4. The molecule has 0 aromatic heterocycles. The van der Waals surface area contributed by atoms with Crippen molar-refractivity contribution in [3.8, 4) is 0 Å². The molecule has 9 heteroatoms. The number of carbonyl (C=O) groups excluding carboxylic acids is 1. The molecule has 3 aromatic carbocycles. The monoisotopic (exact) mass is 547 g/mol. The summed E-state index contributed by atoms with van der Waals surface area (Å²) in [6.45, 7) is 1.83. The van der Waals surface area contributed by atoms with Crippen LogP contribution in [0.3, 0.4) is 0 Å². The van der Waals surface area contributed by atoms with Crippen LogP contribution < -0.4 is 0 Å². The van der Waals surface area contributed by atoms with E-state index < -0.39 is 47.8 Å². The lowest BCUT2D eigenvalue weighted by Gasteiger charge is -2.47. The third kappa shape index (κ3) is 5.95. The zero-order valence-electron chi connectivity index (χ0n) is 19.9. The van der Waals surface area contributed by atoms with Crippen LogP contribution in [0.15, 0.2) is 66.7 Å². The molecule has 0 spiro atoms. The molecule has 1 amide bonds. The molecule has 194 valence electrons. The van der Waals surface area contributed by atoms with E-state index in [2.05, 4.69) is 0 Å². The first-order valence-corrected chi connectivity index (χ1v) is 12.6. The van der Waals surface area contributed by atoms with Crippen molar-refractivity contribution in [2.75, 3.05) is 0 Å². The molecule has 4 rings (SSSR count). The van der Waals surface area contributed by atoms with Crippen LogP contribution in [0, 0.1) is 11.6 Å². The minimum Gasteiger partial charge on any atom is -0.480 e. The van der Waals surface area contributed by atoms with Gasteiger partial charge >= 0.3 is 5.97 Å². The van der Waals surface area contributed by atoms with Gasteiger partial charge in [-0.1, -0.05) is 66.9 Å². The van der Waals surface area contributed by atoms with Crippen LogP contribution in [-0.4, -0.2) is 34.0 Å². The Labute approximate surface area is 223 Å². The average Bonchev–Trinajstić information content (AvgIpc) is 2.87. The van der Waals surface area contributed by atoms with Gasteiger partial charge in [-0.3, -0.25) is 4.79 Å². The van der Waals surface area contributed by atoms with Crippen LogP contribution in [0.25, 0.3) is 0 Å². The molecular formula is C28H25Cl2F2NO4. The fourth-order valence-electron chi connectivity index (χ4n) is 4.68. The van der Waals surface area contributed by atoms with Crippen LogP contribution >= 0.6 is 23.2 Å². The second-order valence-electron chi connectivity index (χ2n) is 8.93. The summed E-state index contributed by atoms with van der Waals surface area (Å²) in [5.41, 5.74) is 1.61. The quantitative estimate of drug-likeness (QED) is 0.337. The first-order valence-electron chi connectivity index (χ1n) is 11.8. The van der Waals surface area contributed by atoms with Gasteiger partial charge in [-0.05, 0) is 59.5 Å². The SMILES string of the molecule is CCC[C@H](C(=O)O)N1C(=O)[C@H](Cc2ccc(F)cc2)O[C@@H](c2ccc(Cl)c(F)c2)[C@H]1c1ccc(Cl)cc1. The minimum atomic E-state index is -1.16. The Morgan fingerprint density at radius 3 is 2.27 bits per heavy atom. The van der Waals surface area contributed by atoms with Gasteiger partial charge in [-0.15, -0.1) is 0 Å². The van der Waals surface area contributed by atoms with Crippen molar-refractivity contribution in [1.29, 1.82) is 0 Å². The van der Waals surface area contributed by atoms with Crippen LogP contribution in [0.2, 0.25) is 10.0 Å². The number of carboxylic acid groups (broad SMARTS) is 1. The van der Waals surface area contributed by atoms with Gasteiger partial charge in [-0.2, -0.15) is 0 Å². The molecule has 37 heavy (non-hydrogen) atoms. The summed E-state index contributed by atoms with van der Waals surface area (Å²) < 4.78 is 34.4. The van der Waals surface area contributed by atoms with Gasteiger partial charge in [0.25, 0.3) is 5.91 Å². The van der Waals surface area contributed by atoms with Crippen molar-refractivity contribution < 1.29 is 28.2 Å². The summed E-state index contributed by atoms with van der Waals surface area (Å²) in [6.07, 6.45) is -1.21. The highest BCUT2D eigenvalue weighted by molar-refractivity contribution is 6.30. The fraction of sp³-hybridized carbons (Fsp3) is 0.286. The Morgan fingerprint density at radius 2 is 1.68 bits per heavy atom. The molecule has 1 aliphatic heterocycles. The number of ether oxygens (including phenoxy) is 1. The molecule has 1 heterocycles. The Kier molecular flexibility index (Phi) is 8.47. The number of morpholine rings is 1. The molecule has 0 aliphatic carbocycles. The van der Waals surface area contributed by atoms with Crippen LogP contribution in [-0.2, 0) is 20.7 Å². The number of amides is 1. The van der Waals surface area contributed by atoms with Crippen LogP contribution in [0.1, 0.15) is 48.6 Å². The number of halogens is 4. The van der Waals surface area contributed by atoms with Crippen LogP contribution in [0.5, 0.6) is 0 Å². The predicted molar refractivity (Wildman–Crippen MR) is 136 cm³/mol. The topological polar surface area (TPSA) is 66.8 Å². The largest absolute Gasteiger partial charge is 0.480 e. The zero-order chi connectivity index (χ0) is 26.7. The van der Waals surface area contributed by atoms with E-state index in [1.165, 1.54) is 29.2 Å². The first-order chi connectivity index (χ1) is 17.7. The van der Waals surface area contributed by atoms with E-state index in [0.29, 0.717) is 28.1 Å². The highest BCUT2D eigenvalue weighted by Gasteiger charge is 2.48. The maximum absolute atomic E-state index is 14.6. The Bertz CT molecular complexity index is 1270. The van der Waals surface area contributed by atoms with Crippen molar-refractivity contribution in [3.05, 3.63) is 105 Å². The van der Waals surface area contributed by atoms with Gasteiger partial charge in [-0.25, -0.2) is 13.6 Å². The number of rotatable bonds is 8. The van der Waals surface area contributed by atoms with Crippen LogP contribution in [0.4, 0.5) is 8.78 Å². The molecule has 1 fully saturated rings. The molecule has 0 bridgehead atoms. The molecule has 0 radical (unpaired) electrons. The number of hydrogen-bond acceptors (Lipinski definition) is 3. The fourth-order valence-corrected chi connectivity index (χ4v) is 4.92. The molecule has 4 atom stereocenters. The second kappa shape index (κ2) is 11.6. The van der Waals surface area contributed by atoms with E-state index in [9.17, 15) is 23.5 Å². The highest BCUT2D eigenvalue weighted by atomic mass is 35.5. The van der Waals surface area contributed by atoms with Crippen molar-refractivity contribution in [2.24, 2.45) is 0 Å². The van der Waals surface area contributed by atoms with Gasteiger partial charge in [0.1, 0.15) is 29.9 Å². The molecule has 1 N–H and O–H groups in total. The summed E-state index contributed by atoms with van der Waals surface area (Å²) in [6, 6.07) is 14.5. The lowest BCUT2D eigenvalue weighted by molar-refractivity contribution is -0.184. The number of aliphatic carboxylic acids is 1. The number of hydrogen-bond donors (Lipinski definition) is 1. The highest BCUT2D eigenvalue weighted by Crippen LogP contribution is 2.44. The Hall–Kier alpha value is -3.00. The van der Waals surface area contributed by atoms with E-state index in [-0.39, 0.29) is 17.9 Å². The maximum Gasteiger partial charge on any atom is 0.326 e. The average molecular weight is 548 g/mol. The summed E-state index contributed by atoms with van der Waals surface area (Å²) in [5, 5.41) is 10.5. The first kappa shape index (κ1) is 27.0. The molecule has 5 nitrogen and oxygen atoms in total. The number of nitrogens with zero attached hydrogens (tertiary/aromatic N) is 1. The lowest BCUT2D eigenvalue weighted by atomic mass is 9.88. The number of carbonyl (C=O) groups is 2. The predicted octanol–water partition coefficient (Wildman–Crippen LogP) is 6.78. The summed E-state index contributed by atoms with van der Waals surface area (Å²) in [7, 11) is 0. The lowest BCUT2D eigenvalue weighted by Crippen LogP contribution is -2.57. The molecule has 0 saturated carbocycles. The van der Waals surface area contributed by atoms with E-state index in [1.54, 1.807) is 42.5 Å². The molecule has 1 saturated heterocycles. The minimum absolute atomic E-state index is 0.0761. The summed E-state index contributed by atoms with van der Waals surface area (Å²) >= 11 is 12.0. The Balaban J connectivity index is 1.87. The van der Waals surface area contributed by atoms with Gasteiger partial charge < -0.3 is 14.7 Å². The van der Waals surface area contributed by atoms with E-state index >= 15 is 0 Å². The summed E-state index contributed by atoms with van der Waals surface area (Å²) in [4.78, 5) is 27.7. The number of carboxylic acids is 1. The Morgan fingerprint density at radius 1 is 1.03 bits per heavy atom. The third-order valence-corrected chi connectivity index (χ3v) is 6.99. The molecule has 3 aromatic rings. The van der Waals surface area contributed by atoms with Gasteiger partial charge in [0.05, 0.1) is 11.1 Å². The van der Waals surface area contributed by atoms with Crippen molar-refractivity contribution in [2.45, 2.75) is 50.5 Å². The van der Waals surface area contributed by atoms with E-state index in [4.69, 9.17) is 27.9 Å². The second-order valence-corrected chi connectivity index (χ2v) is 9.78. The molecule has 1 aliphatic rings. The van der Waals surface area contributed by atoms with Gasteiger partial charge in [0.2, 0.25) is 0 Å². The summed E-state index contributed by atoms with van der Waals surface area (Å²) in [5.74, 6) is -2.76. The number of benzene rings is 3. The van der Waals surface area contributed by atoms with Gasteiger partial charge in [0, 0.05) is 11.4 Å². The van der Waals surface area contributed by atoms with Gasteiger partial charge in [0.15, 0.2) is 0 Å². The molecule has 0 unspecified atom stereocenters. The normalized spacial score (nSPS) is 20.6. The maximum atomic E-state index is 14.6. The van der Waals surface area contributed by atoms with Crippen molar-refractivity contribution in [3.63, 3.8) is 0 Å². The third-order valence-electron chi connectivity index (χ3n) is 6.43. The standard InChI is InChI=1S/C28H25Cl2F2NO4/c1-2-3-23(28(35)36)33-25(17-6-9-19(29)10-7-17)26(18-8-13-21(30)22(32)15-18)37-24(27(33)34)14-16-4-11-20(31)12-5-16/h4-13,15,23-26H,2-3,14H2,1H3,(H,35,36)/t23-,24+,25-,26+/m1/s1. The van der Waals surface area contributed by atoms with E-state index in [0.717, 1.165) is 0 Å². The van der Waals surface area contributed by atoms with Crippen molar-refractivity contribution in [1.82, 2.24) is 4.90 Å². The van der Waals surface area contributed by atoms with Crippen molar-refractivity contribution >= 4 is 35.1 Å². The molecular weight excluding hydrogens is 523 g/mol.